The largest absolute Gasteiger partial charge is 0.323 e. The maximum atomic E-state index is 11.5. The van der Waals surface area contributed by atoms with Crippen LogP contribution in [0.3, 0.4) is 0 Å². The molecule has 1 amide bonds. The standard InChI is InChI=1S/C10H14BrN3O/c1-3-8(12)10(15)14-7-4-6(2)9(11)13-5-7/h4-5,8H,3,12H2,1-2H3,(H,14,15)/t8-/m0/s1. The van der Waals surface area contributed by atoms with Crippen LogP contribution in [0.5, 0.6) is 0 Å². The van der Waals surface area contributed by atoms with Crippen molar-refractivity contribution >= 4 is 27.5 Å². The number of carbonyl (C=O) groups excluding carboxylic acids is 1. The molecule has 0 aliphatic rings. The maximum Gasteiger partial charge on any atom is 0.241 e. The van der Waals surface area contributed by atoms with Crippen LogP contribution in [0, 0.1) is 6.92 Å². The predicted octanol–water partition coefficient (Wildman–Crippen LogP) is 1.83. The number of hydrogen-bond donors (Lipinski definition) is 2. The summed E-state index contributed by atoms with van der Waals surface area (Å²) in [5.41, 5.74) is 7.23. The smallest absolute Gasteiger partial charge is 0.241 e. The highest BCUT2D eigenvalue weighted by Crippen LogP contribution is 2.16. The van der Waals surface area contributed by atoms with E-state index in [0.29, 0.717) is 12.1 Å². The lowest BCUT2D eigenvalue weighted by molar-refractivity contribution is -0.117. The molecule has 0 unspecified atom stereocenters. The summed E-state index contributed by atoms with van der Waals surface area (Å²) in [6.07, 6.45) is 2.21. The molecule has 0 aliphatic heterocycles. The quantitative estimate of drug-likeness (QED) is 0.825. The van der Waals surface area contributed by atoms with Gasteiger partial charge in [0.25, 0.3) is 0 Å². The van der Waals surface area contributed by atoms with Gasteiger partial charge in [-0.15, -0.1) is 0 Å². The summed E-state index contributed by atoms with van der Waals surface area (Å²) >= 11 is 3.29. The van der Waals surface area contributed by atoms with Crippen LogP contribution in [-0.2, 0) is 4.79 Å². The van der Waals surface area contributed by atoms with Gasteiger partial charge in [0.2, 0.25) is 5.91 Å². The summed E-state index contributed by atoms with van der Waals surface area (Å²) in [7, 11) is 0. The summed E-state index contributed by atoms with van der Waals surface area (Å²) in [6.45, 7) is 3.78. The molecule has 1 aromatic rings. The first-order chi connectivity index (χ1) is 7.04. The van der Waals surface area contributed by atoms with Crippen molar-refractivity contribution in [3.05, 3.63) is 22.4 Å². The van der Waals surface area contributed by atoms with Gasteiger partial charge in [0.05, 0.1) is 17.9 Å². The lowest BCUT2D eigenvalue weighted by Gasteiger charge is -2.10. The zero-order valence-corrected chi connectivity index (χ0v) is 10.3. The van der Waals surface area contributed by atoms with Crippen molar-refractivity contribution in [2.75, 3.05) is 5.32 Å². The summed E-state index contributed by atoms with van der Waals surface area (Å²) in [5, 5.41) is 2.71. The molecule has 0 spiro atoms. The molecule has 4 nitrogen and oxygen atoms in total. The Kier molecular flexibility index (Phi) is 4.23. The van der Waals surface area contributed by atoms with E-state index in [2.05, 4.69) is 26.2 Å². The minimum atomic E-state index is -0.464. The summed E-state index contributed by atoms with van der Waals surface area (Å²) in [6, 6.07) is 1.38. The van der Waals surface area contributed by atoms with Gasteiger partial charge in [0, 0.05) is 0 Å². The predicted molar refractivity (Wildman–Crippen MR) is 63.6 cm³/mol. The second-order valence-electron chi connectivity index (χ2n) is 3.34. The molecule has 0 aromatic carbocycles. The van der Waals surface area contributed by atoms with Crippen LogP contribution >= 0.6 is 15.9 Å². The second-order valence-corrected chi connectivity index (χ2v) is 4.09. The Labute approximate surface area is 97.4 Å². The lowest BCUT2D eigenvalue weighted by Crippen LogP contribution is -2.34. The van der Waals surface area contributed by atoms with Gasteiger partial charge in [0.1, 0.15) is 4.60 Å². The van der Waals surface area contributed by atoms with Crippen molar-refractivity contribution in [1.29, 1.82) is 0 Å². The molecule has 0 bridgehead atoms. The Bertz CT molecular complexity index is 368. The van der Waals surface area contributed by atoms with Crippen molar-refractivity contribution in [2.45, 2.75) is 26.3 Å². The highest BCUT2D eigenvalue weighted by atomic mass is 79.9. The van der Waals surface area contributed by atoms with E-state index in [1.807, 2.05) is 19.9 Å². The van der Waals surface area contributed by atoms with E-state index in [1.165, 1.54) is 0 Å². The number of nitrogens with zero attached hydrogens (tertiary/aromatic N) is 1. The number of carbonyl (C=O) groups is 1. The topological polar surface area (TPSA) is 68.0 Å². The molecule has 0 aliphatic carbocycles. The third-order valence-electron chi connectivity index (χ3n) is 2.06. The van der Waals surface area contributed by atoms with E-state index in [0.717, 1.165) is 10.2 Å². The highest BCUT2D eigenvalue weighted by Gasteiger charge is 2.11. The molecule has 0 fully saturated rings. The number of pyridine rings is 1. The van der Waals surface area contributed by atoms with Gasteiger partial charge in [-0.1, -0.05) is 6.92 Å². The van der Waals surface area contributed by atoms with Crippen LogP contribution in [0.15, 0.2) is 16.9 Å². The normalized spacial score (nSPS) is 12.3. The number of amides is 1. The van der Waals surface area contributed by atoms with Crippen molar-refractivity contribution in [2.24, 2.45) is 5.73 Å². The SMILES string of the molecule is CC[C@H](N)C(=O)Nc1cnc(Br)c(C)c1. The van der Waals surface area contributed by atoms with Crippen molar-refractivity contribution in [3.63, 3.8) is 0 Å². The van der Waals surface area contributed by atoms with E-state index in [-0.39, 0.29) is 5.91 Å². The van der Waals surface area contributed by atoms with Gasteiger partial charge in [0.15, 0.2) is 0 Å². The number of nitrogens with two attached hydrogens (primary N) is 1. The van der Waals surface area contributed by atoms with Crippen molar-refractivity contribution in [1.82, 2.24) is 4.98 Å². The molecule has 15 heavy (non-hydrogen) atoms. The average Bonchev–Trinajstić information content (AvgIpc) is 2.22. The molecule has 0 radical (unpaired) electrons. The number of nitrogens with one attached hydrogen (secondary N) is 1. The van der Waals surface area contributed by atoms with Crippen LogP contribution in [0.2, 0.25) is 0 Å². The number of aryl methyl sites for hydroxylation is 1. The average molecular weight is 272 g/mol. The molecule has 5 heteroatoms. The first kappa shape index (κ1) is 12.1. The summed E-state index contributed by atoms with van der Waals surface area (Å²) in [5.74, 6) is -0.180. The van der Waals surface area contributed by atoms with Gasteiger partial charge in [-0.2, -0.15) is 0 Å². The van der Waals surface area contributed by atoms with Gasteiger partial charge < -0.3 is 11.1 Å². The zero-order valence-electron chi connectivity index (χ0n) is 8.75. The minimum absolute atomic E-state index is 0.180. The molecule has 0 saturated heterocycles. The fraction of sp³-hybridized carbons (Fsp3) is 0.400. The van der Waals surface area contributed by atoms with Gasteiger partial charge in [-0.25, -0.2) is 4.98 Å². The van der Waals surface area contributed by atoms with Crippen LogP contribution in [0.4, 0.5) is 5.69 Å². The van der Waals surface area contributed by atoms with Gasteiger partial charge in [-0.3, -0.25) is 4.79 Å². The number of hydrogen-bond acceptors (Lipinski definition) is 3. The van der Waals surface area contributed by atoms with Crippen LogP contribution in [0.25, 0.3) is 0 Å². The van der Waals surface area contributed by atoms with Crippen molar-refractivity contribution < 1.29 is 4.79 Å². The molecule has 82 valence electrons. The van der Waals surface area contributed by atoms with E-state index in [9.17, 15) is 4.79 Å². The zero-order chi connectivity index (χ0) is 11.4. The van der Waals surface area contributed by atoms with Crippen molar-refractivity contribution in [3.8, 4) is 0 Å². The molecule has 1 heterocycles. The van der Waals surface area contributed by atoms with Crippen LogP contribution < -0.4 is 11.1 Å². The molecule has 0 saturated carbocycles. The second kappa shape index (κ2) is 5.23. The van der Waals surface area contributed by atoms with Crippen LogP contribution in [-0.4, -0.2) is 16.9 Å². The Balaban J connectivity index is 2.73. The number of rotatable bonds is 3. The molecule has 1 atom stereocenters. The monoisotopic (exact) mass is 271 g/mol. The third kappa shape index (κ3) is 3.28. The molecule has 1 aromatic heterocycles. The number of aromatic nitrogens is 1. The van der Waals surface area contributed by atoms with E-state index >= 15 is 0 Å². The Morgan fingerprint density at radius 1 is 1.73 bits per heavy atom. The summed E-state index contributed by atoms with van der Waals surface area (Å²) in [4.78, 5) is 15.5. The van der Waals surface area contributed by atoms with E-state index in [1.54, 1.807) is 6.20 Å². The fourth-order valence-electron chi connectivity index (χ4n) is 1.05. The Morgan fingerprint density at radius 3 is 2.93 bits per heavy atom. The van der Waals surface area contributed by atoms with Gasteiger partial charge in [-0.05, 0) is 40.9 Å². The third-order valence-corrected chi connectivity index (χ3v) is 2.89. The van der Waals surface area contributed by atoms with Gasteiger partial charge >= 0.3 is 0 Å². The fourth-order valence-corrected chi connectivity index (χ4v) is 1.26. The first-order valence-corrected chi connectivity index (χ1v) is 5.52. The Morgan fingerprint density at radius 2 is 2.40 bits per heavy atom. The van der Waals surface area contributed by atoms with E-state index in [4.69, 9.17) is 5.73 Å². The molecular weight excluding hydrogens is 258 g/mol. The first-order valence-electron chi connectivity index (χ1n) is 4.73. The minimum Gasteiger partial charge on any atom is -0.323 e. The number of halogens is 1. The molecular formula is C10H14BrN3O. The Hall–Kier alpha value is -0.940. The van der Waals surface area contributed by atoms with E-state index < -0.39 is 6.04 Å². The summed E-state index contributed by atoms with van der Waals surface area (Å²) < 4.78 is 0.778. The maximum absolute atomic E-state index is 11.5. The highest BCUT2D eigenvalue weighted by molar-refractivity contribution is 9.10. The van der Waals surface area contributed by atoms with Crippen LogP contribution in [0.1, 0.15) is 18.9 Å². The molecule has 3 N–H and O–H groups in total. The molecule has 1 rings (SSSR count). The number of anilines is 1. The lowest BCUT2D eigenvalue weighted by atomic mass is 10.2.